The number of benzene rings is 2. The first-order valence-corrected chi connectivity index (χ1v) is 13.9. The van der Waals surface area contributed by atoms with Gasteiger partial charge < -0.3 is 14.8 Å². The van der Waals surface area contributed by atoms with Crippen LogP contribution in [0.25, 0.3) is 0 Å². The Labute approximate surface area is 220 Å². The van der Waals surface area contributed by atoms with Crippen LogP contribution in [0, 0.1) is 0 Å². The maximum absolute atomic E-state index is 13.4. The number of thiazole rings is 1. The van der Waals surface area contributed by atoms with Gasteiger partial charge >= 0.3 is 0 Å². The summed E-state index contributed by atoms with van der Waals surface area (Å²) in [5.74, 6) is 1.42. The summed E-state index contributed by atoms with van der Waals surface area (Å²) < 4.78 is 11.0. The number of anilines is 1. The van der Waals surface area contributed by atoms with Crippen molar-refractivity contribution in [1.29, 1.82) is 0 Å². The van der Waals surface area contributed by atoms with E-state index in [0.717, 1.165) is 39.6 Å². The number of nitrogens with zero attached hydrogens (tertiary/aromatic N) is 2. The number of rotatable bonds is 7. The SMILES string of the molecule is CN(C1CCCCC1)C(c1cnc(NC(=O)C2(c3ccc4c(c3)OCO4)CC2)s1)c1ccccc1Cl. The Morgan fingerprint density at radius 3 is 2.69 bits per heavy atom. The smallest absolute Gasteiger partial charge is 0.236 e. The molecule has 188 valence electrons. The molecule has 1 aromatic heterocycles. The molecule has 6 rings (SSSR count). The normalized spacial score (nSPS) is 19.3. The van der Waals surface area contributed by atoms with Crippen LogP contribution in [-0.2, 0) is 10.2 Å². The fraction of sp³-hybridized carbons (Fsp3) is 0.429. The molecule has 1 aliphatic heterocycles. The predicted molar refractivity (Wildman–Crippen MR) is 142 cm³/mol. The minimum absolute atomic E-state index is 0.00584. The van der Waals surface area contributed by atoms with Crippen LogP contribution in [0.3, 0.4) is 0 Å². The zero-order valence-corrected chi connectivity index (χ0v) is 21.9. The predicted octanol–water partition coefficient (Wildman–Crippen LogP) is 6.55. The summed E-state index contributed by atoms with van der Waals surface area (Å²) in [5.41, 5.74) is 1.51. The third-order valence-corrected chi connectivity index (χ3v) is 9.19. The van der Waals surface area contributed by atoms with Crippen LogP contribution in [0.4, 0.5) is 5.13 Å². The highest BCUT2D eigenvalue weighted by Crippen LogP contribution is 2.51. The first-order chi connectivity index (χ1) is 17.5. The fourth-order valence-electron chi connectivity index (χ4n) is 5.62. The number of carbonyl (C=O) groups is 1. The Balaban J connectivity index is 1.25. The number of nitrogens with one attached hydrogen (secondary N) is 1. The Morgan fingerprint density at radius 1 is 1.14 bits per heavy atom. The molecule has 1 amide bonds. The number of carbonyl (C=O) groups excluding carboxylic acids is 1. The molecule has 3 aromatic rings. The van der Waals surface area contributed by atoms with E-state index in [1.165, 1.54) is 43.4 Å². The van der Waals surface area contributed by atoms with Gasteiger partial charge in [-0.1, -0.05) is 66.5 Å². The van der Waals surface area contributed by atoms with Crippen LogP contribution in [0.1, 0.15) is 67.0 Å². The largest absolute Gasteiger partial charge is 0.454 e. The zero-order valence-electron chi connectivity index (χ0n) is 20.3. The van der Waals surface area contributed by atoms with Crippen molar-refractivity contribution in [3.8, 4) is 11.5 Å². The van der Waals surface area contributed by atoms with Crippen LogP contribution in [0.15, 0.2) is 48.7 Å². The molecule has 1 atom stereocenters. The molecule has 1 N–H and O–H groups in total. The number of ether oxygens (including phenoxy) is 2. The fourth-order valence-corrected chi connectivity index (χ4v) is 6.84. The minimum atomic E-state index is -0.534. The highest BCUT2D eigenvalue weighted by Gasteiger charge is 2.52. The molecular formula is C28H30ClN3O3S. The third-order valence-electron chi connectivity index (χ3n) is 7.88. The maximum Gasteiger partial charge on any atom is 0.236 e. The summed E-state index contributed by atoms with van der Waals surface area (Å²) in [7, 11) is 2.20. The number of amides is 1. The lowest BCUT2D eigenvalue weighted by Crippen LogP contribution is -2.37. The summed E-state index contributed by atoms with van der Waals surface area (Å²) in [5, 5.41) is 4.49. The first kappa shape index (κ1) is 23.8. The number of aromatic nitrogens is 1. The second kappa shape index (κ2) is 9.69. The van der Waals surface area contributed by atoms with Gasteiger partial charge in [-0.15, -0.1) is 0 Å². The lowest BCUT2D eigenvalue weighted by Gasteiger charge is -2.37. The summed E-state index contributed by atoms with van der Waals surface area (Å²) in [6.45, 7) is 0.224. The van der Waals surface area contributed by atoms with E-state index in [2.05, 4.69) is 28.3 Å². The van der Waals surface area contributed by atoms with Gasteiger partial charge in [0.25, 0.3) is 0 Å². The topological polar surface area (TPSA) is 63.7 Å². The van der Waals surface area contributed by atoms with Gasteiger partial charge in [0, 0.05) is 22.1 Å². The molecular weight excluding hydrogens is 494 g/mol. The van der Waals surface area contributed by atoms with Crippen molar-refractivity contribution < 1.29 is 14.3 Å². The average molecular weight is 524 g/mol. The molecule has 3 aliphatic rings. The van der Waals surface area contributed by atoms with Crippen LogP contribution in [0.2, 0.25) is 5.02 Å². The van der Waals surface area contributed by atoms with E-state index in [9.17, 15) is 4.79 Å². The monoisotopic (exact) mass is 523 g/mol. The van der Waals surface area contributed by atoms with Gasteiger partial charge in [-0.2, -0.15) is 0 Å². The number of fused-ring (bicyclic) bond motifs is 1. The third kappa shape index (κ3) is 4.38. The van der Waals surface area contributed by atoms with Crippen molar-refractivity contribution in [2.45, 2.75) is 62.4 Å². The Morgan fingerprint density at radius 2 is 1.92 bits per heavy atom. The van der Waals surface area contributed by atoms with E-state index in [4.69, 9.17) is 21.1 Å². The molecule has 2 aromatic carbocycles. The van der Waals surface area contributed by atoms with Gasteiger partial charge in [-0.25, -0.2) is 4.98 Å². The van der Waals surface area contributed by atoms with Crippen molar-refractivity contribution in [3.63, 3.8) is 0 Å². The number of hydrogen-bond acceptors (Lipinski definition) is 6. The summed E-state index contributed by atoms with van der Waals surface area (Å²) in [4.78, 5) is 21.6. The van der Waals surface area contributed by atoms with Gasteiger partial charge in [0.15, 0.2) is 16.6 Å². The van der Waals surface area contributed by atoms with Crippen LogP contribution >= 0.6 is 22.9 Å². The van der Waals surface area contributed by atoms with E-state index in [-0.39, 0.29) is 18.7 Å². The lowest BCUT2D eigenvalue weighted by atomic mass is 9.92. The van der Waals surface area contributed by atoms with E-state index in [1.807, 2.05) is 42.6 Å². The lowest BCUT2D eigenvalue weighted by molar-refractivity contribution is -0.118. The van der Waals surface area contributed by atoms with Gasteiger partial charge in [0.1, 0.15) is 0 Å². The quantitative estimate of drug-likeness (QED) is 0.380. The van der Waals surface area contributed by atoms with Gasteiger partial charge in [0.2, 0.25) is 12.7 Å². The van der Waals surface area contributed by atoms with E-state index in [0.29, 0.717) is 16.9 Å². The molecule has 2 aliphatic carbocycles. The molecule has 8 heteroatoms. The van der Waals surface area contributed by atoms with Crippen LogP contribution in [0.5, 0.6) is 11.5 Å². The highest BCUT2D eigenvalue weighted by atomic mass is 35.5. The van der Waals surface area contributed by atoms with Crippen molar-refractivity contribution in [3.05, 3.63) is 69.7 Å². The molecule has 36 heavy (non-hydrogen) atoms. The van der Waals surface area contributed by atoms with Crippen molar-refractivity contribution in [2.75, 3.05) is 19.2 Å². The summed E-state index contributed by atoms with van der Waals surface area (Å²) in [6, 6.07) is 14.3. The second-order valence-electron chi connectivity index (χ2n) is 10.1. The maximum atomic E-state index is 13.4. The molecule has 0 saturated heterocycles. The summed E-state index contributed by atoms with van der Waals surface area (Å²) >= 11 is 8.22. The molecule has 0 radical (unpaired) electrons. The van der Waals surface area contributed by atoms with Crippen molar-refractivity contribution in [2.24, 2.45) is 0 Å². The van der Waals surface area contributed by atoms with Crippen LogP contribution < -0.4 is 14.8 Å². The molecule has 2 saturated carbocycles. The molecule has 0 bridgehead atoms. The van der Waals surface area contributed by atoms with Crippen molar-refractivity contribution in [1.82, 2.24) is 9.88 Å². The summed E-state index contributed by atoms with van der Waals surface area (Å²) in [6.07, 6.45) is 9.73. The van der Waals surface area contributed by atoms with Gasteiger partial charge in [0.05, 0.1) is 11.5 Å². The Hall–Kier alpha value is -2.61. The van der Waals surface area contributed by atoms with Crippen molar-refractivity contribution >= 4 is 34.0 Å². The van der Waals surface area contributed by atoms with E-state index < -0.39 is 5.41 Å². The van der Waals surface area contributed by atoms with Gasteiger partial charge in [-0.05, 0) is 62.1 Å². The molecule has 2 heterocycles. The molecule has 2 fully saturated rings. The van der Waals surface area contributed by atoms with Gasteiger partial charge in [-0.3, -0.25) is 9.69 Å². The Bertz CT molecular complexity index is 1270. The standard InChI is InChI=1S/C28H30ClN3O3S/c1-32(19-7-3-2-4-8-19)25(20-9-5-6-10-21(20)29)24-16-30-27(36-24)31-26(33)28(13-14-28)18-11-12-22-23(15-18)35-17-34-22/h5-6,9-12,15-16,19,25H,2-4,7-8,13-14,17H2,1H3,(H,30,31,33). The van der Waals surface area contributed by atoms with E-state index >= 15 is 0 Å². The van der Waals surface area contributed by atoms with Crippen LogP contribution in [-0.4, -0.2) is 35.7 Å². The number of halogens is 1. The first-order valence-electron chi connectivity index (χ1n) is 12.7. The minimum Gasteiger partial charge on any atom is -0.454 e. The molecule has 6 nitrogen and oxygen atoms in total. The average Bonchev–Trinajstić information content (AvgIpc) is 3.37. The second-order valence-corrected chi connectivity index (χ2v) is 11.5. The highest BCUT2D eigenvalue weighted by molar-refractivity contribution is 7.15. The molecule has 0 spiro atoms. The molecule has 1 unspecified atom stereocenters. The number of hydrogen-bond donors (Lipinski definition) is 1. The Kier molecular flexibility index (Phi) is 6.40. The zero-order chi connectivity index (χ0) is 24.7. The van der Waals surface area contributed by atoms with E-state index in [1.54, 1.807) is 0 Å².